The smallest absolute Gasteiger partial charge is 0.0735 e. The van der Waals surface area contributed by atoms with Crippen molar-refractivity contribution < 1.29 is 5.11 Å². The minimum absolute atomic E-state index is 0.235. The molecule has 112 valence electrons. The van der Waals surface area contributed by atoms with Gasteiger partial charge in [-0.1, -0.05) is 22.0 Å². The first-order valence-corrected chi connectivity index (χ1v) is 7.83. The van der Waals surface area contributed by atoms with E-state index in [-0.39, 0.29) is 6.10 Å². The molecule has 1 aromatic carbocycles. The number of nitrogens with one attached hydrogen (secondary N) is 1. The van der Waals surface area contributed by atoms with E-state index in [1.165, 1.54) is 11.3 Å². The number of aliphatic hydroxyl groups excluding tert-OH is 1. The number of nitrogens with zero attached hydrogens (tertiary/aromatic N) is 2. The van der Waals surface area contributed by atoms with Crippen molar-refractivity contribution in [2.75, 3.05) is 39.1 Å². The van der Waals surface area contributed by atoms with Crippen LogP contribution in [0.15, 0.2) is 22.7 Å². The van der Waals surface area contributed by atoms with Gasteiger partial charge in [0.1, 0.15) is 0 Å². The molecule has 1 fully saturated rings. The van der Waals surface area contributed by atoms with Crippen molar-refractivity contribution in [3.05, 3.63) is 28.2 Å². The van der Waals surface area contributed by atoms with Crippen molar-refractivity contribution in [2.45, 2.75) is 25.1 Å². The summed E-state index contributed by atoms with van der Waals surface area (Å²) < 4.78 is 1.08. The zero-order valence-corrected chi connectivity index (χ0v) is 14.0. The minimum Gasteiger partial charge on any atom is -0.391 e. The second-order valence-corrected chi connectivity index (χ2v) is 6.68. The lowest BCUT2D eigenvalue weighted by atomic mass is 10.1. The highest BCUT2D eigenvalue weighted by Gasteiger charge is 2.32. The van der Waals surface area contributed by atoms with E-state index >= 15 is 0 Å². The molecule has 2 atom stereocenters. The summed E-state index contributed by atoms with van der Waals surface area (Å²) in [4.78, 5) is 4.54. The number of anilines is 1. The Morgan fingerprint density at radius 2 is 2.20 bits per heavy atom. The molecular formula is C15H24BrN3O. The van der Waals surface area contributed by atoms with Gasteiger partial charge in [-0.25, -0.2) is 0 Å². The fraction of sp³-hybridized carbons (Fsp3) is 0.600. The van der Waals surface area contributed by atoms with Crippen LogP contribution in [0, 0.1) is 0 Å². The zero-order valence-electron chi connectivity index (χ0n) is 12.4. The third-order valence-electron chi connectivity index (χ3n) is 3.69. The van der Waals surface area contributed by atoms with Crippen LogP contribution in [-0.2, 0) is 6.54 Å². The van der Waals surface area contributed by atoms with Crippen molar-refractivity contribution in [3.8, 4) is 0 Å². The van der Waals surface area contributed by atoms with Gasteiger partial charge in [-0.15, -0.1) is 0 Å². The zero-order chi connectivity index (χ0) is 14.7. The molecule has 0 spiro atoms. The van der Waals surface area contributed by atoms with Crippen LogP contribution in [0.3, 0.4) is 0 Å². The van der Waals surface area contributed by atoms with Gasteiger partial charge in [0.25, 0.3) is 0 Å². The van der Waals surface area contributed by atoms with Gasteiger partial charge in [0, 0.05) is 35.8 Å². The van der Waals surface area contributed by atoms with Crippen LogP contribution in [0.25, 0.3) is 0 Å². The van der Waals surface area contributed by atoms with E-state index in [0.29, 0.717) is 12.6 Å². The standard InChI is InChI=1S/C15H24BrN3O/c1-17-8-11-4-5-12(16)6-15(11)19-10-14(20)7-13(19)9-18(2)3/h4-6,13-14,17,20H,7-10H2,1-3H3. The van der Waals surface area contributed by atoms with Gasteiger partial charge in [-0.2, -0.15) is 0 Å². The van der Waals surface area contributed by atoms with Crippen molar-refractivity contribution >= 4 is 21.6 Å². The molecule has 4 nitrogen and oxygen atoms in total. The minimum atomic E-state index is -0.235. The van der Waals surface area contributed by atoms with Gasteiger partial charge in [-0.3, -0.25) is 0 Å². The maximum atomic E-state index is 10.0. The van der Waals surface area contributed by atoms with E-state index in [9.17, 15) is 5.11 Å². The van der Waals surface area contributed by atoms with Crippen molar-refractivity contribution in [1.82, 2.24) is 10.2 Å². The Kier molecular flexibility index (Phi) is 5.43. The van der Waals surface area contributed by atoms with Gasteiger partial charge in [0.15, 0.2) is 0 Å². The Balaban J connectivity index is 2.30. The van der Waals surface area contributed by atoms with Gasteiger partial charge < -0.3 is 20.2 Å². The number of halogens is 1. The Morgan fingerprint density at radius 3 is 2.85 bits per heavy atom. The summed E-state index contributed by atoms with van der Waals surface area (Å²) in [5.41, 5.74) is 2.49. The maximum absolute atomic E-state index is 10.0. The number of likely N-dealkylation sites (N-methyl/N-ethyl adjacent to an activating group) is 1. The van der Waals surface area contributed by atoms with E-state index in [4.69, 9.17) is 0 Å². The Hall–Kier alpha value is -0.620. The van der Waals surface area contributed by atoms with Crippen LogP contribution >= 0.6 is 15.9 Å². The molecule has 2 N–H and O–H groups in total. The first-order valence-electron chi connectivity index (χ1n) is 7.03. The molecule has 1 heterocycles. The number of benzene rings is 1. The predicted molar refractivity (Wildman–Crippen MR) is 87.2 cm³/mol. The molecule has 5 heteroatoms. The van der Waals surface area contributed by atoms with E-state index in [2.05, 4.69) is 63.3 Å². The fourth-order valence-corrected chi connectivity index (χ4v) is 3.27. The van der Waals surface area contributed by atoms with E-state index in [1.54, 1.807) is 0 Å². The first kappa shape index (κ1) is 15.8. The second kappa shape index (κ2) is 6.89. The molecule has 0 amide bonds. The molecule has 0 aliphatic carbocycles. The number of aliphatic hydroxyl groups is 1. The number of rotatable bonds is 5. The van der Waals surface area contributed by atoms with E-state index in [0.717, 1.165) is 24.0 Å². The monoisotopic (exact) mass is 341 g/mol. The van der Waals surface area contributed by atoms with Crippen LogP contribution in [0.1, 0.15) is 12.0 Å². The molecule has 1 aliphatic heterocycles. The van der Waals surface area contributed by atoms with Gasteiger partial charge >= 0.3 is 0 Å². The van der Waals surface area contributed by atoms with E-state index in [1.807, 2.05) is 7.05 Å². The maximum Gasteiger partial charge on any atom is 0.0735 e. The first-order chi connectivity index (χ1) is 9.51. The number of hydrogen-bond donors (Lipinski definition) is 2. The quantitative estimate of drug-likeness (QED) is 0.854. The lowest BCUT2D eigenvalue weighted by molar-refractivity contribution is 0.191. The van der Waals surface area contributed by atoms with Crippen LogP contribution in [0.2, 0.25) is 0 Å². The van der Waals surface area contributed by atoms with Crippen LogP contribution in [-0.4, -0.2) is 56.4 Å². The SMILES string of the molecule is CNCc1ccc(Br)cc1N1CC(O)CC1CN(C)C. The summed E-state index contributed by atoms with van der Waals surface area (Å²) in [7, 11) is 6.12. The molecular weight excluding hydrogens is 318 g/mol. The van der Waals surface area contributed by atoms with Crippen molar-refractivity contribution in [2.24, 2.45) is 0 Å². The predicted octanol–water partition coefficient (Wildman–Crippen LogP) is 1.67. The normalized spacial score (nSPS) is 22.8. The third-order valence-corrected chi connectivity index (χ3v) is 4.19. The van der Waals surface area contributed by atoms with Crippen LogP contribution < -0.4 is 10.2 Å². The molecule has 0 aromatic heterocycles. The molecule has 0 saturated carbocycles. The Labute approximate surface area is 129 Å². The molecule has 2 rings (SSSR count). The lowest BCUT2D eigenvalue weighted by Gasteiger charge is -2.30. The molecule has 1 aromatic rings. The van der Waals surface area contributed by atoms with Crippen LogP contribution in [0.4, 0.5) is 5.69 Å². The summed E-state index contributed by atoms with van der Waals surface area (Å²) in [6, 6.07) is 6.74. The lowest BCUT2D eigenvalue weighted by Crippen LogP contribution is -2.38. The Morgan fingerprint density at radius 1 is 1.45 bits per heavy atom. The topological polar surface area (TPSA) is 38.7 Å². The summed E-state index contributed by atoms with van der Waals surface area (Å²) in [5.74, 6) is 0. The number of β-amino-alcohol motifs (C(OH)–C–C–N with tert-alkyl or cyclic N) is 1. The summed E-state index contributed by atoms with van der Waals surface area (Å²) in [6.07, 6.45) is 0.602. The molecule has 2 unspecified atom stereocenters. The summed E-state index contributed by atoms with van der Waals surface area (Å²) in [6.45, 7) is 2.51. The Bertz CT molecular complexity index is 453. The molecule has 1 saturated heterocycles. The van der Waals surface area contributed by atoms with Crippen molar-refractivity contribution in [1.29, 1.82) is 0 Å². The highest BCUT2D eigenvalue weighted by Crippen LogP contribution is 2.31. The highest BCUT2D eigenvalue weighted by atomic mass is 79.9. The average Bonchev–Trinajstić information content (AvgIpc) is 2.71. The molecule has 20 heavy (non-hydrogen) atoms. The fourth-order valence-electron chi connectivity index (χ4n) is 2.93. The van der Waals surface area contributed by atoms with Gasteiger partial charge in [-0.05, 0) is 45.3 Å². The third kappa shape index (κ3) is 3.73. The highest BCUT2D eigenvalue weighted by molar-refractivity contribution is 9.10. The largest absolute Gasteiger partial charge is 0.391 e. The van der Waals surface area contributed by atoms with Gasteiger partial charge in [0.2, 0.25) is 0 Å². The van der Waals surface area contributed by atoms with Crippen LogP contribution in [0.5, 0.6) is 0 Å². The number of hydrogen-bond acceptors (Lipinski definition) is 4. The molecule has 1 aliphatic rings. The summed E-state index contributed by atoms with van der Waals surface area (Å²) >= 11 is 3.56. The van der Waals surface area contributed by atoms with Gasteiger partial charge in [0.05, 0.1) is 6.10 Å². The van der Waals surface area contributed by atoms with E-state index < -0.39 is 0 Å². The van der Waals surface area contributed by atoms with Crippen molar-refractivity contribution in [3.63, 3.8) is 0 Å². The molecule has 0 bridgehead atoms. The second-order valence-electron chi connectivity index (χ2n) is 5.76. The average molecular weight is 342 g/mol. The molecule has 0 radical (unpaired) electrons. The summed E-state index contributed by atoms with van der Waals surface area (Å²) in [5, 5.41) is 13.3.